The molecule has 0 fully saturated rings. The van der Waals surface area contributed by atoms with Gasteiger partial charge in [0, 0.05) is 30.6 Å². The van der Waals surface area contributed by atoms with Crippen molar-refractivity contribution in [1.29, 1.82) is 0 Å². The SMILES string of the molecule is CN1/C(=c2\sc3n(c2=O)CCC=3c2cc[n+](C)cc2)Sc2ccccc21. The van der Waals surface area contributed by atoms with Crippen LogP contribution < -0.4 is 24.2 Å². The fourth-order valence-electron chi connectivity index (χ4n) is 3.57. The van der Waals surface area contributed by atoms with Crippen LogP contribution in [0.2, 0.25) is 0 Å². The molecule has 0 radical (unpaired) electrons. The molecule has 1 aromatic carbocycles. The number of pyridine rings is 1. The van der Waals surface area contributed by atoms with Crippen molar-refractivity contribution in [2.45, 2.75) is 17.9 Å². The molecule has 4 nitrogen and oxygen atoms in total. The Morgan fingerprint density at radius 2 is 1.88 bits per heavy atom. The molecule has 2 aliphatic heterocycles. The zero-order valence-corrected chi connectivity index (χ0v) is 16.2. The fraction of sp³-hybridized carbons (Fsp3) is 0.200. The predicted molar refractivity (Wildman–Crippen MR) is 107 cm³/mol. The summed E-state index contributed by atoms with van der Waals surface area (Å²) < 4.78 is 5.94. The van der Waals surface area contributed by atoms with Crippen LogP contribution in [0.4, 0.5) is 5.69 Å². The molecule has 4 heterocycles. The minimum absolute atomic E-state index is 0.142. The summed E-state index contributed by atoms with van der Waals surface area (Å²) in [6, 6.07) is 12.6. The van der Waals surface area contributed by atoms with E-state index in [0.717, 1.165) is 27.2 Å². The highest BCUT2D eigenvalue weighted by molar-refractivity contribution is 8.08. The van der Waals surface area contributed by atoms with Gasteiger partial charge in [0.15, 0.2) is 12.4 Å². The smallest absolute Gasteiger partial charge is 0.271 e. The third kappa shape index (κ3) is 2.29. The number of hydrogen-bond acceptors (Lipinski definition) is 4. The number of hydrogen-bond donors (Lipinski definition) is 0. The summed E-state index contributed by atoms with van der Waals surface area (Å²) in [6.07, 6.45) is 5.04. The van der Waals surface area contributed by atoms with Gasteiger partial charge in [-0.05, 0) is 29.7 Å². The lowest BCUT2D eigenvalue weighted by molar-refractivity contribution is -0.671. The van der Waals surface area contributed by atoms with Crippen molar-refractivity contribution >= 4 is 39.4 Å². The van der Waals surface area contributed by atoms with Crippen molar-refractivity contribution in [3.05, 3.63) is 73.9 Å². The Morgan fingerprint density at radius 3 is 2.65 bits per heavy atom. The second-order valence-corrected chi connectivity index (χ2v) is 8.64. The average molecular weight is 381 g/mol. The van der Waals surface area contributed by atoms with E-state index in [2.05, 4.69) is 41.6 Å². The summed E-state index contributed by atoms with van der Waals surface area (Å²) in [5.74, 6) is 0. The molecule has 0 spiro atoms. The molecule has 0 bridgehead atoms. The van der Waals surface area contributed by atoms with Crippen LogP contribution in [0.25, 0.3) is 10.6 Å². The van der Waals surface area contributed by atoms with E-state index in [1.54, 1.807) is 23.1 Å². The number of para-hydroxylation sites is 1. The lowest BCUT2D eigenvalue weighted by Gasteiger charge is -2.11. The standard InChI is InChI=1S/C20H18N3OS2/c1-21-10-7-13(8-11-21)14-9-12-23-18(24)17(26-19(14)23)20-22(2)15-5-3-4-6-16(15)25-20/h3-8,10-11H,9,12H2,1-2H3/q+1/b20-17+. The molecular weight excluding hydrogens is 362 g/mol. The van der Waals surface area contributed by atoms with Gasteiger partial charge in [-0.15, -0.1) is 11.3 Å². The topological polar surface area (TPSA) is 29.1 Å². The summed E-state index contributed by atoms with van der Waals surface area (Å²) in [4.78, 5) is 16.4. The number of aryl methyl sites for hydroxylation is 1. The van der Waals surface area contributed by atoms with Gasteiger partial charge in [0.1, 0.15) is 21.3 Å². The molecule has 6 heteroatoms. The molecule has 130 valence electrons. The van der Waals surface area contributed by atoms with Gasteiger partial charge >= 0.3 is 0 Å². The molecule has 26 heavy (non-hydrogen) atoms. The first-order valence-corrected chi connectivity index (χ1v) is 10.2. The number of aromatic nitrogens is 2. The minimum Gasteiger partial charge on any atom is -0.337 e. The van der Waals surface area contributed by atoms with Crippen molar-refractivity contribution in [3.63, 3.8) is 0 Å². The normalized spacial score (nSPS) is 17.6. The third-order valence-electron chi connectivity index (χ3n) is 4.99. The van der Waals surface area contributed by atoms with Crippen molar-refractivity contribution in [2.24, 2.45) is 7.05 Å². The fourth-order valence-corrected chi connectivity index (χ4v) is 6.15. The van der Waals surface area contributed by atoms with Crippen molar-refractivity contribution in [1.82, 2.24) is 4.57 Å². The quantitative estimate of drug-likeness (QED) is 0.601. The van der Waals surface area contributed by atoms with E-state index in [1.165, 1.54) is 21.7 Å². The molecule has 0 unspecified atom stereocenters. The molecule has 0 atom stereocenters. The summed E-state index contributed by atoms with van der Waals surface area (Å²) in [6.45, 7) is 0.773. The highest BCUT2D eigenvalue weighted by Crippen LogP contribution is 2.44. The maximum absolute atomic E-state index is 13.1. The van der Waals surface area contributed by atoms with E-state index in [0.29, 0.717) is 0 Å². The number of rotatable bonds is 1. The third-order valence-corrected chi connectivity index (χ3v) is 7.58. The molecule has 0 N–H and O–H groups in total. The predicted octanol–water partition coefficient (Wildman–Crippen LogP) is 1.64. The Balaban J connectivity index is 1.74. The largest absolute Gasteiger partial charge is 0.337 e. The minimum atomic E-state index is 0.142. The van der Waals surface area contributed by atoms with E-state index in [4.69, 9.17) is 0 Å². The maximum Gasteiger partial charge on any atom is 0.271 e. The lowest BCUT2D eigenvalue weighted by Crippen LogP contribution is -2.32. The van der Waals surface area contributed by atoms with Crippen molar-refractivity contribution < 1.29 is 4.57 Å². The summed E-state index contributed by atoms with van der Waals surface area (Å²) in [5.41, 5.74) is 3.81. The van der Waals surface area contributed by atoms with Crippen LogP contribution in [0.5, 0.6) is 0 Å². The number of thiazole rings is 1. The molecule has 5 rings (SSSR count). The second-order valence-electron chi connectivity index (χ2n) is 6.61. The van der Waals surface area contributed by atoms with Crippen LogP contribution in [-0.2, 0) is 13.6 Å². The van der Waals surface area contributed by atoms with Crippen LogP contribution >= 0.6 is 23.1 Å². The Bertz CT molecular complexity index is 1210. The average Bonchev–Trinajstić information content (AvgIpc) is 3.30. The zero-order chi connectivity index (χ0) is 17.8. The van der Waals surface area contributed by atoms with Crippen LogP contribution in [0.15, 0.2) is 58.5 Å². The van der Waals surface area contributed by atoms with E-state index in [-0.39, 0.29) is 5.56 Å². The van der Waals surface area contributed by atoms with E-state index in [9.17, 15) is 4.79 Å². The first-order chi connectivity index (χ1) is 12.6. The summed E-state index contributed by atoms with van der Waals surface area (Å²) >= 11 is 3.33. The number of benzene rings is 1. The Kier molecular flexibility index (Phi) is 3.58. The molecule has 2 aromatic heterocycles. The molecule has 3 aromatic rings. The van der Waals surface area contributed by atoms with Crippen molar-refractivity contribution in [2.75, 3.05) is 11.9 Å². The van der Waals surface area contributed by atoms with Gasteiger partial charge < -0.3 is 4.90 Å². The molecular formula is C20H18N3OS2+. The van der Waals surface area contributed by atoms with E-state index >= 15 is 0 Å². The van der Waals surface area contributed by atoms with Gasteiger partial charge in [0.25, 0.3) is 5.56 Å². The number of nitrogens with zero attached hydrogens (tertiary/aromatic N) is 3. The molecule has 0 amide bonds. The van der Waals surface area contributed by atoms with Gasteiger partial charge in [0.05, 0.1) is 5.69 Å². The van der Waals surface area contributed by atoms with Gasteiger partial charge in [-0.1, -0.05) is 23.9 Å². The highest BCUT2D eigenvalue weighted by Gasteiger charge is 2.26. The van der Waals surface area contributed by atoms with Gasteiger partial charge in [-0.3, -0.25) is 9.36 Å². The first-order valence-electron chi connectivity index (χ1n) is 8.57. The molecule has 0 aliphatic carbocycles. The van der Waals surface area contributed by atoms with Gasteiger partial charge in [-0.25, -0.2) is 4.57 Å². The van der Waals surface area contributed by atoms with E-state index in [1.807, 2.05) is 35.4 Å². The van der Waals surface area contributed by atoms with Crippen LogP contribution in [0.3, 0.4) is 0 Å². The Hall–Kier alpha value is -2.31. The number of thioether (sulfide) groups is 1. The molecule has 0 saturated carbocycles. The number of anilines is 1. The van der Waals surface area contributed by atoms with E-state index < -0.39 is 0 Å². The highest BCUT2D eigenvalue weighted by atomic mass is 32.2. The monoisotopic (exact) mass is 380 g/mol. The molecule has 0 saturated heterocycles. The van der Waals surface area contributed by atoms with Crippen LogP contribution in [-0.4, -0.2) is 11.6 Å². The van der Waals surface area contributed by atoms with Gasteiger partial charge in [0.2, 0.25) is 0 Å². The van der Waals surface area contributed by atoms with Crippen molar-refractivity contribution in [3.8, 4) is 0 Å². The first kappa shape index (κ1) is 15.9. The molecule has 2 aliphatic rings. The zero-order valence-electron chi connectivity index (χ0n) is 14.6. The van der Waals surface area contributed by atoms with Crippen LogP contribution in [0.1, 0.15) is 12.0 Å². The number of fused-ring (bicyclic) bond motifs is 2. The Labute approximate surface area is 159 Å². The lowest BCUT2D eigenvalue weighted by atomic mass is 10.1. The maximum atomic E-state index is 13.1. The van der Waals surface area contributed by atoms with Crippen LogP contribution in [0, 0.1) is 0 Å². The summed E-state index contributed by atoms with van der Waals surface area (Å²) in [5, 5.41) is 1.04. The van der Waals surface area contributed by atoms with Gasteiger partial charge in [-0.2, -0.15) is 0 Å². The Morgan fingerprint density at radius 1 is 1.12 bits per heavy atom. The second kappa shape index (κ2) is 5.86. The summed E-state index contributed by atoms with van der Waals surface area (Å²) in [7, 11) is 4.06.